The lowest BCUT2D eigenvalue weighted by molar-refractivity contribution is -0.118. The fourth-order valence-electron chi connectivity index (χ4n) is 1.30. The van der Waals surface area contributed by atoms with E-state index in [0.29, 0.717) is 13.1 Å². The second kappa shape index (κ2) is 11.3. The van der Waals surface area contributed by atoms with Crippen molar-refractivity contribution in [1.82, 2.24) is 21.3 Å². The Labute approximate surface area is 163 Å². The Morgan fingerprint density at radius 1 is 0.654 bits per heavy atom. The number of rotatable bonds is 7. The maximum atomic E-state index is 11.6. The van der Waals surface area contributed by atoms with Gasteiger partial charge in [0.1, 0.15) is 0 Å². The highest BCUT2D eigenvalue weighted by Gasteiger charge is 2.15. The Kier molecular flexibility index (Phi) is 10.7. The first-order chi connectivity index (χ1) is 11.8. The van der Waals surface area contributed by atoms with Gasteiger partial charge in [0.15, 0.2) is 0 Å². The molecule has 0 fully saturated rings. The average Bonchev–Trinajstić information content (AvgIpc) is 2.46. The first-order valence-electron chi connectivity index (χ1n) is 8.18. The van der Waals surface area contributed by atoms with Gasteiger partial charge in [-0.15, -0.1) is 0 Å². The number of urea groups is 2. The molecule has 0 rings (SSSR count). The zero-order chi connectivity index (χ0) is 20.4. The predicted molar refractivity (Wildman–Crippen MR) is 107 cm³/mol. The molecule has 26 heavy (non-hydrogen) atoms. The summed E-state index contributed by atoms with van der Waals surface area (Å²) in [6.07, 6.45) is 0. The first kappa shape index (κ1) is 24.6. The second-order valence-electron chi connectivity index (χ2n) is 8.11. The molecule has 0 unspecified atom stereocenters. The van der Waals surface area contributed by atoms with E-state index in [1.54, 1.807) is 0 Å². The molecule has 10 heteroatoms. The normalized spacial score (nSPS) is 11.5. The van der Waals surface area contributed by atoms with Crippen molar-refractivity contribution in [3.8, 4) is 0 Å². The van der Waals surface area contributed by atoms with E-state index in [1.807, 2.05) is 41.5 Å². The Hall–Kier alpha value is -1.42. The van der Waals surface area contributed by atoms with Crippen LogP contribution in [0.3, 0.4) is 0 Å². The van der Waals surface area contributed by atoms with Crippen LogP contribution < -0.4 is 21.3 Å². The van der Waals surface area contributed by atoms with E-state index < -0.39 is 23.9 Å². The van der Waals surface area contributed by atoms with Crippen molar-refractivity contribution in [2.75, 3.05) is 24.6 Å². The number of hydrogen-bond donors (Lipinski definition) is 4. The van der Waals surface area contributed by atoms with Crippen LogP contribution in [0.1, 0.15) is 41.5 Å². The molecule has 0 aromatic rings. The molecule has 6 amide bonds. The van der Waals surface area contributed by atoms with Gasteiger partial charge >= 0.3 is 12.1 Å². The topological polar surface area (TPSA) is 116 Å². The summed E-state index contributed by atoms with van der Waals surface area (Å²) in [4.78, 5) is 46.3. The highest BCUT2D eigenvalue weighted by molar-refractivity contribution is 8.77. The van der Waals surface area contributed by atoms with Gasteiger partial charge in [0, 0.05) is 13.1 Å². The fraction of sp³-hybridized carbons (Fsp3) is 0.750. The van der Waals surface area contributed by atoms with Gasteiger partial charge in [-0.2, -0.15) is 0 Å². The molecule has 0 aliphatic rings. The fourth-order valence-corrected chi connectivity index (χ4v) is 2.96. The Morgan fingerprint density at radius 2 is 0.962 bits per heavy atom. The van der Waals surface area contributed by atoms with E-state index in [0.717, 1.165) is 21.6 Å². The largest absolute Gasteiger partial charge is 0.337 e. The van der Waals surface area contributed by atoms with E-state index in [1.165, 1.54) is 0 Å². The highest BCUT2D eigenvalue weighted by atomic mass is 33.1. The number of carbonyl (C=O) groups is 4. The smallest absolute Gasteiger partial charge is 0.321 e. The minimum atomic E-state index is -0.538. The third kappa shape index (κ3) is 16.1. The van der Waals surface area contributed by atoms with Crippen LogP contribution in [0.4, 0.5) is 9.59 Å². The van der Waals surface area contributed by atoms with Gasteiger partial charge in [-0.05, 0) is 10.8 Å². The quantitative estimate of drug-likeness (QED) is 0.380. The van der Waals surface area contributed by atoms with Gasteiger partial charge in [0.05, 0.1) is 11.5 Å². The van der Waals surface area contributed by atoms with Crippen LogP contribution in [0.2, 0.25) is 0 Å². The van der Waals surface area contributed by atoms with Crippen molar-refractivity contribution >= 4 is 45.5 Å². The molecule has 0 bridgehead atoms. The number of imide groups is 2. The van der Waals surface area contributed by atoms with E-state index >= 15 is 0 Å². The van der Waals surface area contributed by atoms with Crippen LogP contribution in [0.15, 0.2) is 0 Å². The molecule has 0 saturated heterocycles. The first-order valence-corrected chi connectivity index (χ1v) is 10.7. The molecule has 0 spiro atoms. The van der Waals surface area contributed by atoms with Crippen molar-refractivity contribution in [3.63, 3.8) is 0 Å². The standard InChI is InChI=1S/C16H30N4O4S2/c1-15(2,3)9-17-13(23)19-11(21)7-25-26-8-12(22)20-14(24)18-10-16(4,5)6/h7-10H2,1-6H3,(H2,17,19,21,23)(H2,18,20,22,24). The number of hydrogen-bond acceptors (Lipinski definition) is 6. The van der Waals surface area contributed by atoms with E-state index in [9.17, 15) is 19.2 Å². The van der Waals surface area contributed by atoms with Crippen LogP contribution in [0.25, 0.3) is 0 Å². The molecule has 0 aliphatic heterocycles. The minimum absolute atomic E-state index is 0.0249. The number of nitrogens with one attached hydrogen (secondary N) is 4. The molecule has 0 heterocycles. The van der Waals surface area contributed by atoms with E-state index in [-0.39, 0.29) is 22.3 Å². The van der Waals surface area contributed by atoms with Crippen molar-refractivity contribution in [3.05, 3.63) is 0 Å². The zero-order valence-electron chi connectivity index (χ0n) is 16.3. The lowest BCUT2D eigenvalue weighted by Gasteiger charge is -2.18. The molecule has 4 N–H and O–H groups in total. The van der Waals surface area contributed by atoms with Crippen LogP contribution >= 0.6 is 21.6 Å². The summed E-state index contributed by atoms with van der Waals surface area (Å²) in [7, 11) is 2.26. The van der Waals surface area contributed by atoms with Crippen LogP contribution in [-0.4, -0.2) is 48.5 Å². The summed E-state index contributed by atoms with van der Waals surface area (Å²) in [5, 5.41) is 9.65. The number of amides is 6. The maximum absolute atomic E-state index is 11.6. The zero-order valence-corrected chi connectivity index (χ0v) is 17.9. The molecule has 8 nitrogen and oxygen atoms in total. The van der Waals surface area contributed by atoms with Crippen molar-refractivity contribution in [1.29, 1.82) is 0 Å². The lowest BCUT2D eigenvalue weighted by Crippen LogP contribution is -2.43. The maximum Gasteiger partial charge on any atom is 0.321 e. The van der Waals surface area contributed by atoms with Crippen LogP contribution in [0, 0.1) is 10.8 Å². The van der Waals surface area contributed by atoms with E-state index in [2.05, 4.69) is 21.3 Å². The van der Waals surface area contributed by atoms with Gasteiger partial charge in [-0.25, -0.2) is 9.59 Å². The highest BCUT2D eigenvalue weighted by Crippen LogP contribution is 2.20. The lowest BCUT2D eigenvalue weighted by atomic mass is 9.97. The summed E-state index contributed by atoms with van der Waals surface area (Å²) in [5.74, 6) is -0.844. The minimum Gasteiger partial charge on any atom is -0.337 e. The van der Waals surface area contributed by atoms with Crippen molar-refractivity contribution in [2.24, 2.45) is 10.8 Å². The van der Waals surface area contributed by atoms with Crippen LogP contribution in [0.5, 0.6) is 0 Å². The SMILES string of the molecule is CC(C)(C)CNC(=O)NC(=O)CSSCC(=O)NC(=O)NCC(C)(C)C. The second-order valence-corrected chi connectivity index (χ2v) is 10.6. The molecule has 0 aliphatic carbocycles. The summed E-state index contributed by atoms with van der Waals surface area (Å²) in [6, 6.07) is -1.08. The van der Waals surface area contributed by atoms with Crippen LogP contribution in [-0.2, 0) is 9.59 Å². The molecule has 0 saturated carbocycles. The van der Waals surface area contributed by atoms with Crippen molar-refractivity contribution < 1.29 is 19.2 Å². The van der Waals surface area contributed by atoms with Gasteiger partial charge in [0.25, 0.3) is 0 Å². The third-order valence-electron chi connectivity index (χ3n) is 2.53. The predicted octanol–water partition coefficient (Wildman–Crippen LogP) is 2.11. The van der Waals surface area contributed by atoms with Crippen molar-refractivity contribution in [2.45, 2.75) is 41.5 Å². The summed E-state index contributed by atoms with van der Waals surface area (Å²) in [5.41, 5.74) is -0.144. The molecular formula is C16H30N4O4S2. The summed E-state index contributed by atoms with van der Waals surface area (Å²) < 4.78 is 0. The third-order valence-corrected chi connectivity index (χ3v) is 4.66. The molecule has 150 valence electrons. The summed E-state index contributed by atoms with van der Waals surface area (Å²) in [6.45, 7) is 12.7. The molecular weight excluding hydrogens is 376 g/mol. The van der Waals surface area contributed by atoms with Gasteiger partial charge in [0.2, 0.25) is 11.8 Å². The van der Waals surface area contributed by atoms with Gasteiger partial charge < -0.3 is 10.6 Å². The van der Waals surface area contributed by atoms with E-state index in [4.69, 9.17) is 0 Å². The number of carbonyl (C=O) groups excluding carboxylic acids is 4. The summed E-state index contributed by atoms with van der Waals surface area (Å²) >= 11 is 0. The molecule has 0 atom stereocenters. The Balaban J connectivity index is 3.84. The Bertz CT molecular complexity index is 467. The molecule has 0 aromatic carbocycles. The van der Waals surface area contributed by atoms with Gasteiger partial charge in [-0.3, -0.25) is 20.2 Å². The van der Waals surface area contributed by atoms with Gasteiger partial charge in [-0.1, -0.05) is 63.1 Å². The molecule has 0 aromatic heterocycles. The Morgan fingerprint density at radius 3 is 1.23 bits per heavy atom. The monoisotopic (exact) mass is 406 g/mol. The molecule has 0 radical (unpaired) electrons. The average molecular weight is 407 g/mol.